The maximum absolute atomic E-state index is 13.0. The monoisotopic (exact) mass is 1520 g/mol. The van der Waals surface area contributed by atoms with E-state index in [2.05, 4.69) is 142 Å². The fourth-order valence-electron chi connectivity index (χ4n) is 11.3. The fourth-order valence-corrected chi connectivity index (χ4v) is 12.9. The van der Waals surface area contributed by atoms with Crippen LogP contribution < -0.4 is 0 Å². The van der Waals surface area contributed by atoms with Gasteiger partial charge in [-0.1, -0.05) is 322 Å². The highest BCUT2D eigenvalue weighted by molar-refractivity contribution is 7.47. The van der Waals surface area contributed by atoms with Crippen molar-refractivity contribution >= 4 is 33.6 Å². The number of phosphoric acid groups is 2. The van der Waals surface area contributed by atoms with E-state index < -0.39 is 91.5 Å². The Labute approximate surface area is 640 Å². The Morgan fingerprint density at radius 1 is 0.276 bits per heavy atom. The molecule has 0 saturated heterocycles. The zero-order chi connectivity index (χ0) is 76.6. The van der Waals surface area contributed by atoms with E-state index in [9.17, 15) is 43.5 Å². The summed E-state index contributed by atoms with van der Waals surface area (Å²) in [5, 5.41) is 20.7. The fraction of sp³-hybridized carbons (Fsp3) is 0.736. The minimum absolute atomic E-state index is 0.0923. The number of hydrogen-bond donors (Lipinski definition) is 4. The number of aliphatic hydroxyl groups excluding tert-OH is 2. The molecular weight excluding hydrogens is 1360 g/mol. The number of esters is 3. The zero-order valence-electron chi connectivity index (χ0n) is 66.4. The Kier molecular flexibility index (Phi) is 76.4. The van der Waals surface area contributed by atoms with Crippen molar-refractivity contribution in [2.45, 2.75) is 373 Å². The van der Waals surface area contributed by atoms with Crippen LogP contribution in [0.2, 0.25) is 0 Å². The molecule has 18 heteroatoms. The summed E-state index contributed by atoms with van der Waals surface area (Å²) in [6.45, 7) is 2.54. The first-order valence-electron chi connectivity index (χ1n) is 41.8. The summed E-state index contributed by atoms with van der Waals surface area (Å²) in [5.41, 5.74) is 0. The summed E-state index contributed by atoms with van der Waals surface area (Å²) in [4.78, 5) is 58.7. The summed E-state index contributed by atoms with van der Waals surface area (Å²) in [6, 6.07) is 0. The predicted octanol–water partition coefficient (Wildman–Crippen LogP) is 24.9. The summed E-state index contributed by atoms with van der Waals surface area (Å²) in [7, 11) is -9.79. The average molecular weight is 1520 g/mol. The number of rotatable bonds is 79. The van der Waals surface area contributed by atoms with Crippen LogP contribution in [0.3, 0.4) is 0 Å². The summed E-state index contributed by atoms with van der Waals surface area (Å²) in [5.74, 6) is -1.58. The van der Waals surface area contributed by atoms with Crippen LogP contribution >= 0.6 is 15.6 Å². The molecule has 5 unspecified atom stereocenters. The molecule has 0 aliphatic carbocycles. The first-order valence-corrected chi connectivity index (χ1v) is 44.8. The summed E-state index contributed by atoms with van der Waals surface area (Å²) in [6.07, 6.45) is 95.4. The van der Waals surface area contributed by atoms with Gasteiger partial charge < -0.3 is 34.2 Å². The highest BCUT2D eigenvalue weighted by atomic mass is 31.2. The third kappa shape index (κ3) is 80.8. The lowest BCUT2D eigenvalue weighted by Crippen LogP contribution is -2.30. The van der Waals surface area contributed by atoms with Crippen LogP contribution in [0.5, 0.6) is 0 Å². The maximum atomic E-state index is 13.0. The van der Waals surface area contributed by atoms with Gasteiger partial charge in [-0.2, -0.15) is 0 Å². The molecule has 105 heavy (non-hydrogen) atoms. The first kappa shape index (κ1) is 101. The van der Waals surface area contributed by atoms with Gasteiger partial charge in [-0.05, 0) is 135 Å². The molecule has 0 aliphatic rings. The number of hydrogen-bond acceptors (Lipinski definition) is 14. The Morgan fingerprint density at radius 2 is 0.505 bits per heavy atom. The van der Waals surface area contributed by atoms with Gasteiger partial charge in [0, 0.05) is 19.3 Å². The lowest BCUT2D eigenvalue weighted by molar-refractivity contribution is -0.161. The van der Waals surface area contributed by atoms with Gasteiger partial charge in [0.15, 0.2) is 6.10 Å². The van der Waals surface area contributed by atoms with Gasteiger partial charge in [-0.15, -0.1) is 0 Å². The smallest absolute Gasteiger partial charge is 0.463 e. The standard InChI is InChI=1S/C87H152O16P2/c1-4-7-10-13-16-19-22-25-27-29-31-33-35-37-38-39-40-41-42-44-46-47-49-51-53-56-58-61-64-67-70-73-85(90)97-76-82(88)77-99-104(93,94)100-78-83(89)79-101-105(95,96)102-81-84(103-87(92)75-72-69-66-63-60-55-24-21-18-15-12-9-6-3)80-98-86(91)74-71-68-65-62-59-57-54-52-50-48-45-43-36-34-32-30-28-26-23-20-17-14-11-8-5-2/h8,11,16-17,19-21,24-28,31-34,37-38,43,45,82-84,88-89H,4-7,9-10,12-15,18,22-23,29-30,35-36,39-42,44,46-81H2,1-3H3,(H,93,94)(H,95,96)/b11-8-,19-16-,20-17-,24-21-,27-25-,28-26-,33-31-,34-32-,38-37-,45-43-. The molecule has 0 amide bonds. The SMILES string of the molecule is CC/C=C\C/C=C\C/C=C\C/C=C\C/C=C\CCCCCCCCCCCC(=O)OCC(COP(=O)(O)OCC(O)COP(=O)(O)OCC(O)COC(=O)CCCCCCCCCCCCCCCCC/C=C\C/C=C\C/C=C\C/C=C\CCCCC)OC(=O)CCCCCCC/C=C\CCCCCC. The van der Waals surface area contributed by atoms with E-state index in [0.717, 1.165) is 141 Å². The topological polar surface area (TPSA) is 231 Å². The summed E-state index contributed by atoms with van der Waals surface area (Å²) < 4.78 is 61.2. The lowest BCUT2D eigenvalue weighted by Gasteiger charge is -2.21. The van der Waals surface area contributed by atoms with E-state index in [1.165, 1.54) is 154 Å². The van der Waals surface area contributed by atoms with Crippen LogP contribution in [0.1, 0.15) is 355 Å². The van der Waals surface area contributed by atoms with Gasteiger partial charge in [0.1, 0.15) is 25.4 Å². The molecule has 0 aromatic heterocycles. The van der Waals surface area contributed by atoms with Crippen LogP contribution in [-0.2, 0) is 55.8 Å². The molecule has 0 saturated carbocycles. The molecule has 5 atom stereocenters. The summed E-state index contributed by atoms with van der Waals surface area (Å²) >= 11 is 0. The number of carbonyl (C=O) groups excluding carboxylic acids is 3. The maximum Gasteiger partial charge on any atom is 0.472 e. The van der Waals surface area contributed by atoms with Gasteiger partial charge in [-0.3, -0.25) is 32.5 Å². The molecule has 0 rings (SSSR count). The normalized spacial score (nSPS) is 14.5. The highest BCUT2D eigenvalue weighted by Crippen LogP contribution is 2.45. The molecule has 606 valence electrons. The van der Waals surface area contributed by atoms with Gasteiger partial charge in [0.25, 0.3) is 0 Å². The largest absolute Gasteiger partial charge is 0.472 e. The van der Waals surface area contributed by atoms with E-state index in [-0.39, 0.29) is 19.3 Å². The molecule has 0 fully saturated rings. The third-order valence-corrected chi connectivity index (χ3v) is 19.5. The second-order valence-electron chi connectivity index (χ2n) is 27.9. The van der Waals surface area contributed by atoms with E-state index in [1.54, 1.807) is 0 Å². The number of aliphatic hydroxyl groups is 2. The Hall–Kier alpha value is -4.05. The number of ether oxygens (including phenoxy) is 3. The molecule has 0 aliphatic heterocycles. The number of phosphoric ester groups is 2. The second-order valence-corrected chi connectivity index (χ2v) is 30.8. The van der Waals surface area contributed by atoms with E-state index in [1.807, 2.05) is 0 Å². The van der Waals surface area contributed by atoms with Gasteiger partial charge in [0.05, 0.1) is 26.4 Å². The van der Waals surface area contributed by atoms with Crippen LogP contribution in [0, 0.1) is 0 Å². The van der Waals surface area contributed by atoms with Crippen molar-refractivity contribution in [2.75, 3.05) is 39.6 Å². The van der Waals surface area contributed by atoms with E-state index >= 15 is 0 Å². The van der Waals surface area contributed by atoms with Crippen molar-refractivity contribution < 1.29 is 75.8 Å². The first-order chi connectivity index (χ1) is 51.2. The Bertz CT molecular complexity index is 2390. The van der Waals surface area contributed by atoms with Crippen molar-refractivity contribution in [3.05, 3.63) is 122 Å². The number of unbranched alkanes of at least 4 members (excludes halogenated alkanes) is 36. The Balaban J connectivity index is 4.45. The van der Waals surface area contributed by atoms with Gasteiger partial charge in [0.2, 0.25) is 0 Å². The molecule has 0 aromatic carbocycles. The van der Waals surface area contributed by atoms with E-state index in [4.69, 9.17) is 32.3 Å². The molecule has 4 N–H and O–H groups in total. The van der Waals surface area contributed by atoms with Crippen LogP contribution in [0.25, 0.3) is 0 Å². The van der Waals surface area contributed by atoms with Gasteiger partial charge in [-0.25, -0.2) is 9.13 Å². The van der Waals surface area contributed by atoms with Crippen molar-refractivity contribution in [2.24, 2.45) is 0 Å². The molecule has 0 heterocycles. The van der Waals surface area contributed by atoms with Crippen LogP contribution in [0.4, 0.5) is 0 Å². The van der Waals surface area contributed by atoms with Crippen LogP contribution in [-0.4, -0.2) is 95.9 Å². The van der Waals surface area contributed by atoms with Gasteiger partial charge >= 0.3 is 33.6 Å². The molecule has 0 aromatic rings. The molecular formula is C87H152O16P2. The van der Waals surface area contributed by atoms with Crippen molar-refractivity contribution in [3.8, 4) is 0 Å². The average Bonchev–Trinajstić information content (AvgIpc) is 0.914. The van der Waals surface area contributed by atoms with Crippen molar-refractivity contribution in [1.82, 2.24) is 0 Å². The minimum atomic E-state index is -4.93. The number of allylic oxidation sites excluding steroid dienone is 20. The molecule has 0 spiro atoms. The second kappa shape index (κ2) is 79.5. The van der Waals surface area contributed by atoms with E-state index in [0.29, 0.717) is 19.3 Å². The highest BCUT2D eigenvalue weighted by Gasteiger charge is 2.29. The van der Waals surface area contributed by atoms with Crippen molar-refractivity contribution in [1.29, 1.82) is 0 Å². The van der Waals surface area contributed by atoms with Crippen LogP contribution in [0.15, 0.2) is 122 Å². The molecule has 0 bridgehead atoms. The predicted molar refractivity (Wildman–Crippen MR) is 436 cm³/mol. The molecule has 16 nitrogen and oxygen atoms in total. The minimum Gasteiger partial charge on any atom is -0.463 e. The van der Waals surface area contributed by atoms with Crippen molar-refractivity contribution in [3.63, 3.8) is 0 Å². The Morgan fingerprint density at radius 3 is 0.829 bits per heavy atom. The third-order valence-electron chi connectivity index (χ3n) is 17.6. The molecule has 0 radical (unpaired) electrons. The lowest BCUT2D eigenvalue weighted by atomic mass is 10.0. The quantitative estimate of drug-likeness (QED) is 0.0146. The number of carbonyl (C=O) groups is 3. The zero-order valence-corrected chi connectivity index (χ0v) is 68.2.